The number of nitrogens with zero attached hydrogens (tertiary/aromatic N) is 1. The number of rotatable bonds is 8. The third-order valence-corrected chi connectivity index (χ3v) is 6.62. The molecule has 0 aliphatic carbocycles. The zero-order valence-corrected chi connectivity index (χ0v) is 19.9. The Kier molecular flexibility index (Phi) is 7.09. The normalized spacial score (nSPS) is 11.5. The van der Waals surface area contributed by atoms with Gasteiger partial charge in [-0.1, -0.05) is 60.2 Å². The van der Waals surface area contributed by atoms with E-state index in [9.17, 15) is 8.42 Å². The molecular formula is C28H26N2O3S. The molecule has 6 heteroatoms. The molecule has 0 fully saturated rings. The second kappa shape index (κ2) is 10.4. The van der Waals surface area contributed by atoms with Crippen molar-refractivity contribution in [1.82, 2.24) is 0 Å². The van der Waals surface area contributed by atoms with Crippen LogP contribution in [0.3, 0.4) is 0 Å². The van der Waals surface area contributed by atoms with Gasteiger partial charge in [0.15, 0.2) is 0 Å². The first-order valence-electron chi connectivity index (χ1n) is 10.9. The Bertz CT molecular complexity index is 1400. The molecule has 0 heterocycles. The van der Waals surface area contributed by atoms with Crippen molar-refractivity contribution in [3.63, 3.8) is 0 Å². The Morgan fingerprint density at radius 3 is 2.35 bits per heavy atom. The maximum absolute atomic E-state index is 12.8. The molecule has 0 aliphatic rings. The molecule has 0 aliphatic heterocycles. The lowest BCUT2D eigenvalue weighted by Gasteiger charge is -2.11. The fourth-order valence-corrected chi connectivity index (χ4v) is 4.55. The van der Waals surface area contributed by atoms with Crippen LogP contribution in [0.15, 0.2) is 107 Å². The molecule has 0 spiro atoms. The summed E-state index contributed by atoms with van der Waals surface area (Å²) in [5, 5.41) is 0. The average molecular weight is 471 g/mol. The van der Waals surface area contributed by atoms with Gasteiger partial charge in [0.2, 0.25) is 0 Å². The molecular weight excluding hydrogens is 444 g/mol. The minimum absolute atomic E-state index is 0.183. The van der Waals surface area contributed by atoms with E-state index in [1.165, 1.54) is 0 Å². The Labute approximate surface area is 200 Å². The standard InChI is InChI=1S/C28H26N2O3S/c1-21-11-16-28(22(2)17-21)30-34(31,32)27-14-12-25(13-15-27)29-19-24-9-6-10-26(18-24)33-20-23-7-4-3-5-8-23/h3-19,30H,20H2,1-2H3. The van der Waals surface area contributed by atoms with Gasteiger partial charge >= 0.3 is 0 Å². The SMILES string of the molecule is Cc1ccc(NS(=O)(=O)c2ccc(N=Cc3cccc(OCc4ccccc4)c3)cc2)c(C)c1. The van der Waals surface area contributed by atoms with Gasteiger partial charge in [0.1, 0.15) is 12.4 Å². The summed E-state index contributed by atoms with van der Waals surface area (Å²) in [6, 6.07) is 29.7. The van der Waals surface area contributed by atoms with Gasteiger partial charge in [-0.3, -0.25) is 9.71 Å². The van der Waals surface area contributed by atoms with Crippen LogP contribution in [-0.2, 0) is 16.6 Å². The summed E-state index contributed by atoms with van der Waals surface area (Å²) in [6.07, 6.45) is 1.73. The van der Waals surface area contributed by atoms with Gasteiger partial charge in [-0.25, -0.2) is 8.42 Å². The van der Waals surface area contributed by atoms with Crippen LogP contribution in [0, 0.1) is 13.8 Å². The van der Waals surface area contributed by atoms with E-state index in [4.69, 9.17) is 4.74 Å². The van der Waals surface area contributed by atoms with Gasteiger partial charge < -0.3 is 4.74 Å². The molecule has 0 radical (unpaired) electrons. The third kappa shape index (κ3) is 6.11. The lowest BCUT2D eigenvalue weighted by atomic mass is 10.1. The van der Waals surface area contributed by atoms with Crippen molar-refractivity contribution >= 4 is 27.6 Å². The quantitative estimate of drug-likeness (QED) is 0.302. The van der Waals surface area contributed by atoms with Crippen LogP contribution in [0.1, 0.15) is 22.3 Å². The summed E-state index contributed by atoms with van der Waals surface area (Å²) in [7, 11) is -3.69. The molecule has 0 unspecified atom stereocenters. The first kappa shape index (κ1) is 23.3. The van der Waals surface area contributed by atoms with Crippen LogP contribution in [-0.4, -0.2) is 14.6 Å². The fraction of sp³-hybridized carbons (Fsp3) is 0.107. The number of anilines is 1. The Morgan fingerprint density at radius 1 is 0.853 bits per heavy atom. The molecule has 0 amide bonds. The summed E-state index contributed by atoms with van der Waals surface area (Å²) in [5.41, 5.74) is 5.17. The van der Waals surface area contributed by atoms with Gasteiger partial charge in [-0.2, -0.15) is 0 Å². The smallest absolute Gasteiger partial charge is 0.261 e. The summed E-state index contributed by atoms with van der Waals surface area (Å²) in [4.78, 5) is 4.65. The highest BCUT2D eigenvalue weighted by Crippen LogP contribution is 2.23. The number of benzene rings is 4. The maximum Gasteiger partial charge on any atom is 0.261 e. The van der Waals surface area contributed by atoms with Gasteiger partial charge in [0, 0.05) is 6.21 Å². The van der Waals surface area contributed by atoms with E-state index >= 15 is 0 Å². The molecule has 5 nitrogen and oxygen atoms in total. The topological polar surface area (TPSA) is 67.8 Å². The Balaban J connectivity index is 1.41. The first-order valence-corrected chi connectivity index (χ1v) is 12.4. The summed E-state index contributed by atoms with van der Waals surface area (Å²) in [6.45, 7) is 4.34. The van der Waals surface area contributed by atoms with E-state index in [0.29, 0.717) is 18.0 Å². The molecule has 1 N–H and O–H groups in total. The van der Waals surface area contributed by atoms with E-state index in [-0.39, 0.29) is 4.90 Å². The number of hydrogen-bond donors (Lipinski definition) is 1. The van der Waals surface area contributed by atoms with Crippen LogP contribution in [0.4, 0.5) is 11.4 Å². The number of ether oxygens (including phenoxy) is 1. The van der Waals surface area contributed by atoms with E-state index < -0.39 is 10.0 Å². The number of sulfonamides is 1. The summed E-state index contributed by atoms with van der Waals surface area (Å²) in [5.74, 6) is 0.756. The van der Waals surface area contributed by atoms with Crippen molar-refractivity contribution in [1.29, 1.82) is 0 Å². The second-order valence-corrected chi connectivity index (χ2v) is 9.71. The number of hydrogen-bond acceptors (Lipinski definition) is 4. The van der Waals surface area contributed by atoms with Gasteiger partial charge in [0.25, 0.3) is 10.0 Å². The molecule has 0 aromatic heterocycles. The highest BCUT2D eigenvalue weighted by Gasteiger charge is 2.15. The van der Waals surface area contributed by atoms with E-state index in [1.54, 1.807) is 36.5 Å². The Hall–Kier alpha value is -3.90. The van der Waals surface area contributed by atoms with Crippen molar-refractivity contribution in [2.45, 2.75) is 25.3 Å². The predicted octanol–water partition coefficient (Wildman–Crippen LogP) is 6.43. The van der Waals surface area contributed by atoms with Gasteiger partial charge in [-0.05, 0) is 73.0 Å². The number of nitrogens with one attached hydrogen (secondary N) is 1. The number of aliphatic imine (C=N–C) groups is 1. The molecule has 0 saturated carbocycles. The largest absolute Gasteiger partial charge is 0.489 e. The monoisotopic (exact) mass is 470 g/mol. The van der Waals surface area contributed by atoms with Crippen LogP contribution in [0.5, 0.6) is 5.75 Å². The maximum atomic E-state index is 12.8. The molecule has 4 rings (SSSR count). The molecule has 0 atom stereocenters. The molecule has 0 bridgehead atoms. The molecule has 0 saturated heterocycles. The molecule has 34 heavy (non-hydrogen) atoms. The summed E-state index contributed by atoms with van der Waals surface area (Å²) < 4.78 is 34.1. The van der Waals surface area contributed by atoms with Crippen molar-refractivity contribution in [2.24, 2.45) is 4.99 Å². The summed E-state index contributed by atoms with van der Waals surface area (Å²) >= 11 is 0. The predicted molar refractivity (Wildman–Crippen MR) is 138 cm³/mol. The molecule has 4 aromatic rings. The van der Waals surface area contributed by atoms with Gasteiger partial charge in [-0.15, -0.1) is 0 Å². The Morgan fingerprint density at radius 2 is 1.62 bits per heavy atom. The minimum atomic E-state index is -3.69. The van der Waals surface area contributed by atoms with E-state index in [0.717, 1.165) is 28.0 Å². The van der Waals surface area contributed by atoms with Crippen LogP contribution >= 0.6 is 0 Å². The van der Waals surface area contributed by atoms with Crippen molar-refractivity contribution in [2.75, 3.05) is 4.72 Å². The third-order valence-electron chi connectivity index (χ3n) is 5.24. The van der Waals surface area contributed by atoms with Gasteiger partial charge in [0.05, 0.1) is 16.3 Å². The van der Waals surface area contributed by atoms with Crippen LogP contribution < -0.4 is 9.46 Å². The van der Waals surface area contributed by atoms with Crippen LogP contribution in [0.25, 0.3) is 0 Å². The molecule has 4 aromatic carbocycles. The number of aryl methyl sites for hydroxylation is 2. The van der Waals surface area contributed by atoms with Crippen molar-refractivity contribution < 1.29 is 13.2 Å². The van der Waals surface area contributed by atoms with E-state index in [1.807, 2.05) is 80.6 Å². The zero-order chi connectivity index (χ0) is 24.0. The highest BCUT2D eigenvalue weighted by atomic mass is 32.2. The first-order chi connectivity index (χ1) is 16.4. The van der Waals surface area contributed by atoms with Crippen molar-refractivity contribution in [3.05, 3.63) is 119 Å². The lowest BCUT2D eigenvalue weighted by Crippen LogP contribution is -2.13. The fourth-order valence-electron chi connectivity index (χ4n) is 3.42. The van der Waals surface area contributed by atoms with Crippen LogP contribution in [0.2, 0.25) is 0 Å². The van der Waals surface area contributed by atoms with E-state index in [2.05, 4.69) is 9.71 Å². The zero-order valence-electron chi connectivity index (χ0n) is 19.1. The molecule has 172 valence electrons. The van der Waals surface area contributed by atoms with Crippen molar-refractivity contribution in [3.8, 4) is 5.75 Å². The lowest BCUT2D eigenvalue weighted by molar-refractivity contribution is 0.306. The minimum Gasteiger partial charge on any atom is -0.489 e. The second-order valence-electron chi connectivity index (χ2n) is 8.02. The average Bonchev–Trinajstić information content (AvgIpc) is 2.84. The highest BCUT2D eigenvalue weighted by molar-refractivity contribution is 7.92.